The molecule has 4 rings (SSSR count). The second-order valence-electron chi connectivity index (χ2n) is 7.92. The van der Waals surface area contributed by atoms with E-state index in [9.17, 15) is 9.59 Å². The number of hydrogen-bond donors (Lipinski definition) is 3. The summed E-state index contributed by atoms with van der Waals surface area (Å²) in [5.41, 5.74) is 3.53. The molecule has 7 heteroatoms. The molecule has 29 heavy (non-hydrogen) atoms. The third-order valence-electron chi connectivity index (χ3n) is 5.85. The third kappa shape index (κ3) is 4.27. The molecule has 1 aromatic rings. The second-order valence-corrected chi connectivity index (χ2v) is 8.94. The Balaban J connectivity index is 1.46. The van der Waals surface area contributed by atoms with Gasteiger partial charge in [0.1, 0.15) is 11.5 Å². The van der Waals surface area contributed by atoms with Crippen molar-refractivity contribution in [3.63, 3.8) is 0 Å². The average Bonchev–Trinajstić information content (AvgIpc) is 3.17. The van der Waals surface area contributed by atoms with E-state index in [2.05, 4.69) is 64.0 Å². The van der Waals surface area contributed by atoms with Crippen LogP contribution in [0.25, 0.3) is 5.57 Å². The zero-order valence-electron chi connectivity index (χ0n) is 16.7. The van der Waals surface area contributed by atoms with Crippen LogP contribution in [-0.4, -0.2) is 53.9 Å². The lowest BCUT2D eigenvalue weighted by atomic mass is 9.94. The van der Waals surface area contributed by atoms with Gasteiger partial charge < -0.3 is 10.6 Å². The van der Waals surface area contributed by atoms with Crippen LogP contribution in [0, 0.1) is 12.8 Å². The maximum atomic E-state index is 12.8. The van der Waals surface area contributed by atoms with Gasteiger partial charge in [-0.05, 0) is 36.3 Å². The number of piperidine rings is 1. The molecule has 4 unspecified atom stereocenters. The fourth-order valence-electron chi connectivity index (χ4n) is 4.24. The predicted molar refractivity (Wildman–Crippen MR) is 117 cm³/mol. The van der Waals surface area contributed by atoms with Gasteiger partial charge in [0.25, 0.3) is 0 Å². The molecule has 2 saturated heterocycles. The van der Waals surface area contributed by atoms with E-state index in [-0.39, 0.29) is 35.3 Å². The largest absolute Gasteiger partial charge is 0.352 e. The van der Waals surface area contributed by atoms with Gasteiger partial charge in [-0.3, -0.25) is 19.8 Å². The molecular weight excluding hydrogens is 384 g/mol. The Morgan fingerprint density at radius 2 is 2.17 bits per heavy atom. The topological polar surface area (TPSA) is 73.5 Å². The normalized spacial score (nSPS) is 29.6. The summed E-state index contributed by atoms with van der Waals surface area (Å²) in [5, 5.41) is 11.6. The number of carbonyl (C=O) groups is 2. The van der Waals surface area contributed by atoms with Crippen LogP contribution in [0.5, 0.6) is 0 Å². The highest BCUT2D eigenvalue weighted by Crippen LogP contribution is 2.38. The van der Waals surface area contributed by atoms with Crippen molar-refractivity contribution in [2.45, 2.75) is 37.3 Å². The number of nitrogens with zero attached hydrogens (tertiary/aromatic N) is 1. The predicted octanol–water partition coefficient (Wildman–Crippen LogP) is 1.84. The van der Waals surface area contributed by atoms with Gasteiger partial charge in [0.05, 0.1) is 12.0 Å². The van der Waals surface area contributed by atoms with Gasteiger partial charge in [0.2, 0.25) is 11.8 Å². The van der Waals surface area contributed by atoms with Crippen LogP contribution in [0.1, 0.15) is 24.0 Å². The van der Waals surface area contributed by atoms with Gasteiger partial charge in [-0.25, -0.2) is 0 Å². The second kappa shape index (κ2) is 8.73. The number of aryl methyl sites for hydroxylation is 1. The Labute approximate surface area is 176 Å². The molecule has 3 heterocycles. The van der Waals surface area contributed by atoms with Crippen molar-refractivity contribution in [3.05, 3.63) is 53.5 Å². The molecule has 3 N–H and O–H groups in total. The van der Waals surface area contributed by atoms with Crippen LogP contribution in [0.3, 0.4) is 0 Å². The molecular formula is C22H28N4O2S. The Bertz CT molecular complexity index is 823. The standard InChI is InChI=1S/C22H28N4O2S/c1-3-10-23-20(27)16-5-4-11-26(12-16)22-24-18-17(13-29-19(18)21(28)25-22)15-8-6-14(2)7-9-15/h3,6-9,13,16,18-19,22,24H,1,4-5,10-12H2,2H3,(H,23,27)(H,25,28). The highest BCUT2D eigenvalue weighted by molar-refractivity contribution is 8.04. The molecule has 3 aliphatic rings. The number of nitrogens with one attached hydrogen (secondary N) is 3. The Kier molecular flexibility index (Phi) is 6.08. The molecule has 0 radical (unpaired) electrons. The molecule has 2 amide bonds. The van der Waals surface area contributed by atoms with Crippen LogP contribution < -0.4 is 16.0 Å². The fraction of sp³-hybridized carbons (Fsp3) is 0.455. The van der Waals surface area contributed by atoms with Crippen molar-refractivity contribution in [2.75, 3.05) is 19.6 Å². The summed E-state index contributed by atoms with van der Waals surface area (Å²) in [7, 11) is 0. The summed E-state index contributed by atoms with van der Waals surface area (Å²) < 4.78 is 0. The maximum Gasteiger partial charge on any atom is 0.237 e. The summed E-state index contributed by atoms with van der Waals surface area (Å²) in [4.78, 5) is 27.4. The first-order valence-electron chi connectivity index (χ1n) is 10.2. The number of likely N-dealkylation sites (tertiary alicyclic amines) is 1. The van der Waals surface area contributed by atoms with E-state index in [1.165, 1.54) is 5.56 Å². The lowest BCUT2D eigenvalue weighted by Crippen LogP contribution is -2.69. The van der Waals surface area contributed by atoms with Crippen molar-refractivity contribution >= 4 is 29.1 Å². The molecule has 154 valence electrons. The molecule has 0 spiro atoms. The molecule has 2 fully saturated rings. The highest BCUT2D eigenvalue weighted by atomic mass is 32.2. The minimum atomic E-state index is -0.258. The first-order chi connectivity index (χ1) is 14.1. The smallest absolute Gasteiger partial charge is 0.237 e. The minimum absolute atomic E-state index is 0.0311. The van der Waals surface area contributed by atoms with Crippen molar-refractivity contribution in [2.24, 2.45) is 5.92 Å². The lowest BCUT2D eigenvalue weighted by molar-refractivity contribution is -0.128. The zero-order chi connectivity index (χ0) is 20.4. The Morgan fingerprint density at radius 1 is 1.38 bits per heavy atom. The number of rotatable bonds is 5. The van der Waals surface area contributed by atoms with Crippen LogP contribution in [-0.2, 0) is 9.59 Å². The number of hydrogen-bond acceptors (Lipinski definition) is 5. The van der Waals surface area contributed by atoms with Crippen LogP contribution in [0.15, 0.2) is 42.3 Å². The summed E-state index contributed by atoms with van der Waals surface area (Å²) >= 11 is 1.58. The van der Waals surface area contributed by atoms with E-state index >= 15 is 0 Å². The number of thioether (sulfide) groups is 1. The van der Waals surface area contributed by atoms with E-state index in [0.717, 1.165) is 30.5 Å². The molecule has 6 nitrogen and oxygen atoms in total. The van der Waals surface area contributed by atoms with Crippen LogP contribution >= 0.6 is 11.8 Å². The van der Waals surface area contributed by atoms with Crippen molar-refractivity contribution in [1.82, 2.24) is 20.9 Å². The summed E-state index contributed by atoms with van der Waals surface area (Å²) in [6, 6.07) is 8.41. The van der Waals surface area contributed by atoms with Crippen molar-refractivity contribution < 1.29 is 9.59 Å². The Morgan fingerprint density at radius 3 is 2.93 bits per heavy atom. The molecule has 4 atom stereocenters. The lowest BCUT2D eigenvalue weighted by Gasteiger charge is -2.43. The van der Waals surface area contributed by atoms with Crippen LogP contribution in [0.4, 0.5) is 0 Å². The summed E-state index contributed by atoms with van der Waals surface area (Å²) in [5.74, 6) is 0.0526. The number of carbonyl (C=O) groups excluding carboxylic acids is 2. The zero-order valence-corrected chi connectivity index (χ0v) is 17.5. The summed E-state index contributed by atoms with van der Waals surface area (Å²) in [6.07, 6.45) is 3.24. The average molecular weight is 413 g/mol. The van der Waals surface area contributed by atoms with Gasteiger partial charge in [0.15, 0.2) is 0 Å². The van der Waals surface area contributed by atoms with E-state index in [1.54, 1.807) is 17.8 Å². The van der Waals surface area contributed by atoms with E-state index in [1.807, 2.05) is 0 Å². The van der Waals surface area contributed by atoms with E-state index < -0.39 is 0 Å². The van der Waals surface area contributed by atoms with Crippen molar-refractivity contribution in [1.29, 1.82) is 0 Å². The third-order valence-corrected chi connectivity index (χ3v) is 7.02. The van der Waals surface area contributed by atoms with Gasteiger partial charge in [-0.15, -0.1) is 18.3 Å². The molecule has 3 aliphatic heterocycles. The van der Waals surface area contributed by atoms with Gasteiger partial charge in [0, 0.05) is 19.6 Å². The van der Waals surface area contributed by atoms with Gasteiger partial charge in [-0.1, -0.05) is 35.9 Å². The number of amides is 2. The molecule has 0 saturated carbocycles. The number of benzene rings is 1. The first kappa shape index (κ1) is 20.2. The monoisotopic (exact) mass is 412 g/mol. The maximum absolute atomic E-state index is 12.8. The molecule has 0 aliphatic carbocycles. The number of fused-ring (bicyclic) bond motifs is 1. The molecule has 0 bridgehead atoms. The Hall–Kier alpha value is -2.09. The van der Waals surface area contributed by atoms with E-state index in [0.29, 0.717) is 13.1 Å². The van der Waals surface area contributed by atoms with E-state index in [4.69, 9.17) is 0 Å². The van der Waals surface area contributed by atoms with Crippen LogP contribution in [0.2, 0.25) is 0 Å². The minimum Gasteiger partial charge on any atom is -0.352 e. The SMILES string of the molecule is C=CCNC(=O)C1CCCN(C2NC(=O)C3SC=C(c4ccc(C)cc4)C3N2)C1. The molecule has 0 aromatic heterocycles. The molecule has 1 aromatic carbocycles. The van der Waals surface area contributed by atoms with Gasteiger partial charge in [-0.2, -0.15) is 0 Å². The first-order valence-corrected chi connectivity index (χ1v) is 11.1. The fourth-order valence-corrected chi connectivity index (χ4v) is 5.39. The van der Waals surface area contributed by atoms with Crippen molar-refractivity contribution in [3.8, 4) is 0 Å². The van der Waals surface area contributed by atoms with Gasteiger partial charge >= 0.3 is 0 Å². The highest BCUT2D eigenvalue weighted by Gasteiger charge is 2.44. The summed E-state index contributed by atoms with van der Waals surface area (Å²) in [6.45, 7) is 7.70. The quantitative estimate of drug-likeness (QED) is 0.644.